The van der Waals surface area contributed by atoms with Crippen LogP contribution in [-0.2, 0) is 65.4 Å². The molecule has 3 N–H and O–H groups in total. The third-order valence-corrected chi connectivity index (χ3v) is 19.8. The van der Waals surface area contributed by atoms with Crippen molar-refractivity contribution in [3.8, 4) is 0 Å². The molecule has 19 heteroatoms. The first-order valence-electron chi connectivity index (χ1n) is 38.4. The molecule has 7 atom stereocenters. The number of phosphoric ester groups is 2. The number of carbonyl (C=O) groups is 4. The molecule has 0 radical (unpaired) electrons. The minimum atomic E-state index is -4.96. The lowest BCUT2D eigenvalue weighted by Gasteiger charge is -2.21. The maximum Gasteiger partial charge on any atom is 0.472 e. The standard InChI is InChI=1S/C74H144O17P2/c1-8-11-12-13-14-15-16-17-18-19-20-21-22-25-36-43-50-57-73(78)90-69(61-84-71(76)55-48-41-34-26-23-24-31-38-45-52-65(4)5)63-88-92(80,81)86-59-68(75)60-87-93(82,83)89-64-70(91-74(79)58-51-44-37-30-28-33-40-47-54-67(7)10-3)62-85-72(77)56-49-42-35-29-27-32-39-46-53-66(6)9-2/h65-70,75H,8-64H2,1-7H3,(H,80,81)(H,82,83)/t66?,67?,68-,69-,70-/m1/s1. The number of rotatable bonds is 72. The summed E-state index contributed by atoms with van der Waals surface area (Å²) in [6, 6.07) is 0. The van der Waals surface area contributed by atoms with Crippen molar-refractivity contribution < 1.29 is 80.2 Å². The van der Waals surface area contributed by atoms with E-state index < -0.39 is 97.5 Å². The largest absolute Gasteiger partial charge is 0.472 e. The summed E-state index contributed by atoms with van der Waals surface area (Å²) < 4.78 is 68.5. The van der Waals surface area contributed by atoms with E-state index in [0.29, 0.717) is 25.7 Å². The molecule has 0 aliphatic heterocycles. The molecular weight excluding hydrogens is 1220 g/mol. The van der Waals surface area contributed by atoms with E-state index in [4.69, 9.17) is 37.0 Å². The van der Waals surface area contributed by atoms with Gasteiger partial charge in [0.1, 0.15) is 19.3 Å². The Hall–Kier alpha value is -1.94. The smallest absolute Gasteiger partial charge is 0.462 e. The van der Waals surface area contributed by atoms with Crippen molar-refractivity contribution in [1.82, 2.24) is 0 Å². The van der Waals surface area contributed by atoms with E-state index in [1.165, 1.54) is 186 Å². The monoisotopic (exact) mass is 1370 g/mol. The van der Waals surface area contributed by atoms with Crippen molar-refractivity contribution in [1.29, 1.82) is 0 Å². The van der Waals surface area contributed by atoms with Gasteiger partial charge in [0.15, 0.2) is 12.2 Å². The maximum atomic E-state index is 13.1. The first-order valence-corrected chi connectivity index (χ1v) is 41.4. The third-order valence-electron chi connectivity index (χ3n) is 17.9. The Labute approximate surface area is 568 Å². The van der Waals surface area contributed by atoms with Gasteiger partial charge in [-0.1, -0.05) is 325 Å². The molecule has 0 amide bonds. The van der Waals surface area contributed by atoms with Crippen molar-refractivity contribution in [2.24, 2.45) is 17.8 Å². The average molecular weight is 1370 g/mol. The van der Waals surface area contributed by atoms with Crippen LogP contribution in [0.1, 0.15) is 376 Å². The van der Waals surface area contributed by atoms with Crippen LogP contribution in [0.4, 0.5) is 0 Å². The molecule has 552 valence electrons. The van der Waals surface area contributed by atoms with Crippen LogP contribution in [0, 0.1) is 17.8 Å². The lowest BCUT2D eigenvalue weighted by Crippen LogP contribution is -2.30. The molecule has 17 nitrogen and oxygen atoms in total. The predicted molar refractivity (Wildman–Crippen MR) is 377 cm³/mol. The van der Waals surface area contributed by atoms with Gasteiger partial charge in [-0.15, -0.1) is 0 Å². The third kappa shape index (κ3) is 65.8. The van der Waals surface area contributed by atoms with Crippen LogP contribution >= 0.6 is 15.6 Å². The number of aliphatic hydroxyl groups excluding tert-OH is 1. The minimum Gasteiger partial charge on any atom is -0.462 e. The molecule has 0 heterocycles. The second-order valence-corrected chi connectivity index (χ2v) is 30.6. The topological polar surface area (TPSA) is 237 Å². The van der Waals surface area contributed by atoms with Crippen molar-refractivity contribution in [3.63, 3.8) is 0 Å². The molecule has 0 aliphatic rings. The summed E-state index contributed by atoms with van der Waals surface area (Å²) in [5.41, 5.74) is 0. The molecule has 0 saturated heterocycles. The summed E-state index contributed by atoms with van der Waals surface area (Å²) in [6.45, 7) is 11.9. The SMILES string of the molecule is CCCCCCCCCCCCCCCCCCCC(=O)O[C@H](COC(=O)CCCCCCCCCCCC(C)C)COP(=O)(O)OC[C@@H](O)COP(=O)(O)OC[C@@H](COC(=O)CCCCCCCCCCC(C)CC)OC(=O)CCCCCCCCCCC(C)CC. The maximum absolute atomic E-state index is 13.1. The van der Waals surface area contributed by atoms with Crippen molar-refractivity contribution in [3.05, 3.63) is 0 Å². The molecule has 0 aromatic heterocycles. The molecular formula is C74H144O17P2. The average Bonchev–Trinajstić information content (AvgIpc) is 3.62. The van der Waals surface area contributed by atoms with Crippen LogP contribution in [-0.4, -0.2) is 96.7 Å². The van der Waals surface area contributed by atoms with Gasteiger partial charge in [0.25, 0.3) is 0 Å². The van der Waals surface area contributed by atoms with Crippen LogP contribution in [0.25, 0.3) is 0 Å². The summed E-state index contributed by atoms with van der Waals surface area (Å²) >= 11 is 0. The highest BCUT2D eigenvalue weighted by Crippen LogP contribution is 2.45. The Morgan fingerprint density at radius 3 is 0.817 bits per heavy atom. The first-order chi connectivity index (χ1) is 44.8. The molecule has 0 spiro atoms. The number of phosphoric acid groups is 2. The van der Waals surface area contributed by atoms with Gasteiger partial charge >= 0.3 is 39.5 Å². The first kappa shape index (κ1) is 91.1. The normalized spacial score (nSPS) is 14.7. The molecule has 93 heavy (non-hydrogen) atoms. The van der Waals surface area contributed by atoms with E-state index in [0.717, 1.165) is 108 Å². The van der Waals surface area contributed by atoms with Crippen LogP contribution in [0.2, 0.25) is 0 Å². The highest BCUT2D eigenvalue weighted by atomic mass is 31.2. The summed E-state index contributed by atoms with van der Waals surface area (Å²) in [5.74, 6) is 0.169. The second kappa shape index (κ2) is 64.7. The Bertz CT molecular complexity index is 1820. The van der Waals surface area contributed by atoms with Crippen molar-refractivity contribution in [2.75, 3.05) is 39.6 Å². The molecule has 0 aliphatic carbocycles. The zero-order valence-corrected chi connectivity index (χ0v) is 62.5. The Kier molecular flexibility index (Phi) is 63.4. The van der Waals surface area contributed by atoms with Gasteiger partial charge in [-0.2, -0.15) is 0 Å². The van der Waals surface area contributed by atoms with Crippen molar-refractivity contribution in [2.45, 2.75) is 394 Å². The van der Waals surface area contributed by atoms with Crippen LogP contribution in [0.3, 0.4) is 0 Å². The summed E-state index contributed by atoms with van der Waals surface area (Å²) in [7, 11) is -9.91. The molecule has 0 aromatic rings. The lowest BCUT2D eigenvalue weighted by molar-refractivity contribution is -0.161. The number of hydrogen-bond acceptors (Lipinski definition) is 15. The summed E-state index contributed by atoms with van der Waals surface area (Å²) in [6.07, 6.45) is 49.8. The van der Waals surface area contributed by atoms with E-state index in [2.05, 4.69) is 48.5 Å². The number of ether oxygens (including phenoxy) is 4. The molecule has 0 rings (SSSR count). The number of unbranched alkanes of at least 4 members (excludes halogenated alkanes) is 38. The number of hydrogen-bond donors (Lipinski definition) is 3. The van der Waals surface area contributed by atoms with Gasteiger partial charge in [0, 0.05) is 25.7 Å². The van der Waals surface area contributed by atoms with Crippen LogP contribution in [0.5, 0.6) is 0 Å². The Balaban J connectivity index is 5.26. The quantitative estimate of drug-likeness (QED) is 0.0222. The Morgan fingerprint density at radius 2 is 0.548 bits per heavy atom. The van der Waals surface area contributed by atoms with E-state index in [1.54, 1.807) is 0 Å². The van der Waals surface area contributed by atoms with E-state index in [-0.39, 0.29) is 25.7 Å². The molecule has 4 unspecified atom stereocenters. The van der Waals surface area contributed by atoms with Crippen LogP contribution < -0.4 is 0 Å². The molecule has 0 bridgehead atoms. The zero-order chi connectivity index (χ0) is 68.7. The minimum absolute atomic E-state index is 0.104. The second-order valence-electron chi connectivity index (χ2n) is 27.6. The van der Waals surface area contributed by atoms with Gasteiger partial charge in [-0.25, -0.2) is 9.13 Å². The highest BCUT2D eigenvalue weighted by Gasteiger charge is 2.30. The number of esters is 4. The van der Waals surface area contributed by atoms with Gasteiger partial charge in [0.2, 0.25) is 0 Å². The number of carbonyl (C=O) groups excluding carboxylic acids is 4. The molecule has 0 saturated carbocycles. The van der Waals surface area contributed by atoms with Crippen molar-refractivity contribution >= 4 is 39.5 Å². The fourth-order valence-electron chi connectivity index (χ4n) is 11.2. The van der Waals surface area contributed by atoms with E-state index >= 15 is 0 Å². The van der Waals surface area contributed by atoms with Gasteiger partial charge in [0.05, 0.1) is 26.4 Å². The highest BCUT2D eigenvalue weighted by molar-refractivity contribution is 7.47. The van der Waals surface area contributed by atoms with Gasteiger partial charge in [-0.05, 0) is 43.4 Å². The fourth-order valence-corrected chi connectivity index (χ4v) is 12.8. The summed E-state index contributed by atoms with van der Waals surface area (Å²) in [4.78, 5) is 72.7. The predicted octanol–water partition coefficient (Wildman–Crippen LogP) is 21.4. The lowest BCUT2D eigenvalue weighted by atomic mass is 9.99. The fraction of sp³-hybridized carbons (Fsp3) is 0.946. The van der Waals surface area contributed by atoms with E-state index in [1.807, 2.05) is 0 Å². The molecule has 0 aromatic carbocycles. The molecule has 0 fully saturated rings. The van der Waals surface area contributed by atoms with Gasteiger partial charge < -0.3 is 33.8 Å². The zero-order valence-electron chi connectivity index (χ0n) is 60.7. The van der Waals surface area contributed by atoms with Gasteiger partial charge in [-0.3, -0.25) is 37.3 Å². The van der Waals surface area contributed by atoms with Crippen LogP contribution in [0.15, 0.2) is 0 Å². The number of aliphatic hydroxyl groups is 1. The summed E-state index contributed by atoms with van der Waals surface area (Å²) in [5, 5.41) is 10.6. The van der Waals surface area contributed by atoms with E-state index in [9.17, 15) is 43.2 Å². The Morgan fingerprint density at radius 1 is 0.312 bits per heavy atom.